The Balaban J connectivity index is 2.41. The van der Waals surface area contributed by atoms with Crippen molar-refractivity contribution < 1.29 is 18.3 Å². The van der Waals surface area contributed by atoms with E-state index in [1.807, 2.05) is 0 Å². The number of aliphatic carboxylic acids is 1. The number of rotatable bonds is 5. The zero-order chi connectivity index (χ0) is 12.2. The highest BCUT2D eigenvalue weighted by atomic mass is 32.2. The second-order valence-electron chi connectivity index (χ2n) is 4.52. The predicted octanol–water partition coefficient (Wildman–Crippen LogP) is 0.817. The Morgan fingerprint density at radius 1 is 1.38 bits per heavy atom. The molecule has 2 N–H and O–H groups in total. The molecule has 5 nitrogen and oxygen atoms in total. The zero-order valence-corrected chi connectivity index (χ0v) is 10.3. The van der Waals surface area contributed by atoms with Gasteiger partial charge in [-0.05, 0) is 18.3 Å². The van der Waals surface area contributed by atoms with Crippen molar-refractivity contribution in [3.05, 3.63) is 0 Å². The van der Waals surface area contributed by atoms with Gasteiger partial charge in [0.15, 0.2) is 5.75 Å². The van der Waals surface area contributed by atoms with E-state index in [0.717, 1.165) is 19.3 Å². The van der Waals surface area contributed by atoms with E-state index in [1.54, 1.807) is 0 Å². The summed E-state index contributed by atoms with van der Waals surface area (Å²) < 4.78 is 25.0. The molecule has 0 aromatic heterocycles. The summed E-state index contributed by atoms with van der Waals surface area (Å²) in [4.78, 5) is 10.3. The van der Waals surface area contributed by atoms with Crippen LogP contribution in [0.5, 0.6) is 0 Å². The number of nitrogens with one attached hydrogen (secondary N) is 1. The van der Waals surface area contributed by atoms with Gasteiger partial charge >= 0.3 is 5.97 Å². The molecule has 2 unspecified atom stereocenters. The number of hydrogen-bond acceptors (Lipinski definition) is 3. The summed E-state index contributed by atoms with van der Waals surface area (Å²) in [5.41, 5.74) is 0. The Kier molecular flexibility index (Phi) is 4.73. The lowest BCUT2D eigenvalue weighted by Gasteiger charge is -2.28. The van der Waals surface area contributed by atoms with Crippen LogP contribution in [0.15, 0.2) is 0 Å². The third-order valence-electron chi connectivity index (χ3n) is 3.17. The summed E-state index contributed by atoms with van der Waals surface area (Å²) in [5.74, 6) is -1.29. The maximum Gasteiger partial charge on any atom is 0.320 e. The first-order valence-electron chi connectivity index (χ1n) is 5.60. The van der Waals surface area contributed by atoms with E-state index in [2.05, 4.69) is 11.6 Å². The molecule has 16 heavy (non-hydrogen) atoms. The van der Waals surface area contributed by atoms with Crippen LogP contribution in [0.3, 0.4) is 0 Å². The van der Waals surface area contributed by atoms with Crippen molar-refractivity contribution >= 4 is 16.0 Å². The molecule has 0 heterocycles. The fraction of sp³-hybridized carbons (Fsp3) is 0.900. The summed E-state index contributed by atoms with van der Waals surface area (Å²) in [6, 6.07) is 0. The van der Waals surface area contributed by atoms with E-state index in [-0.39, 0.29) is 0 Å². The van der Waals surface area contributed by atoms with Crippen molar-refractivity contribution in [2.24, 2.45) is 11.8 Å². The molecule has 1 fully saturated rings. The molecule has 6 heteroatoms. The van der Waals surface area contributed by atoms with Crippen LogP contribution in [0, 0.1) is 11.8 Å². The van der Waals surface area contributed by atoms with Crippen molar-refractivity contribution in [1.29, 1.82) is 0 Å². The molecule has 0 spiro atoms. The number of carbonyl (C=O) groups is 1. The van der Waals surface area contributed by atoms with Gasteiger partial charge in [-0.25, -0.2) is 13.1 Å². The largest absolute Gasteiger partial charge is 0.480 e. The van der Waals surface area contributed by atoms with Crippen LogP contribution in [-0.2, 0) is 14.8 Å². The van der Waals surface area contributed by atoms with Gasteiger partial charge in [0.1, 0.15) is 0 Å². The predicted molar refractivity (Wildman–Crippen MR) is 60.5 cm³/mol. The number of carboxylic acids is 1. The molecule has 0 amide bonds. The minimum Gasteiger partial charge on any atom is -0.480 e. The Bertz CT molecular complexity index is 339. The van der Waals surface area contributed by atoms with Gasteiger partial charge in [0, 0.05) is 6.54 Å². The van der Waals surface area contributed by atoms with E-state index >= 15 is 0 Å². The highest BCUT2D eigenvalue weighted by molar-refractivity contribution is 7.90. The molecule has 94 valence electrons. The molecular formula is C10H19NO4S. The first kappa shape index (κ1) is 13.4. The Hall–Kier alpha value is -0.620. The van der Waals surface area contributed by atoms with E-state index < -0.39 is 21.7 Å². The molecule has 0 radical (unpaired) electrons. The monoisotopic (exact) mass is 249 g/mol. The average molecular weight is 249 g/mol. The van der Waals surface area contributed by atoms with E-state index in [9.17, 15) is 13.2 Å². The van der Waals surface area contributed by atoms with E-state index in [1.165, 1.54) is 6.42 Å². The van der Waals surface area contributed by atoms with Crippen LogP contribution < -0.4 is 4.72 Å². The van der Waals surface area contributed by atoms with Gasteiger partial charge < -0.3 is 5.11 Å². The molecule has 1 aliphatic rings. The van der Waals surface area contributed by atoms with Crippen molar-refractivity contribution in [2.45, 2.75) is 32.6 Å². The Morgan fingerprint density at radius 3 is 2.56 bits per heavy atom. The molecule has 0 aromatic rings. The van der Waals surface area contributed by atoms with Crippen LogP contribution in [0.1, 0.15) is 32.6 Å². The number of hydrogen-bond donors (Lipinski definition) is 2. The normalized spacial score (nSPS) is 26.6. The first-order chi connectivity index (χ1) is 7.41. The first-order valence-corrected chi connectivity index (χ1v) is 7.25. The molecule has 0 bridgehead atoms. The topological polar surface area (TPSA) is 83.5 Å². The SMILES string of the molecule is CC1CCCCC1CNS(=O)(=O)CC(=O)O. The summed E-state index contributed by atoms with van der Waals surface area (Å²) >= 11 is 0. The molecule has 0 saturated heterocycles. The summed E-state index contributed by atoms with van der Waals surface area (Å²) in [7, 11) is -3.65. The number of sulfonamides is 1. The van der Waals surface area contributed by atoms with Crippen LogP contribution in [0.4, 0.5) is 0 Å². The highest BCUT2D eigenvalue weighted by Gasteiger charge is 2.23. The standard InChI is InChI=1S/C10H19NO4S/c1-8-4-2-3-5-9(8)6-11-16(14,15)7-10(12)13/h8-9,11H,2-7H2,1H3,(H,12,13). The van der Waals surface area contributed by atoms with Crippen molar-refractivity contribution in [1.82, 2.24) is 4.72 Å². The van der Waals surface area contributed by atoms with Gasteiger partial charge in [-0.1, -0.05) is 26.2 Å². The van der Waals surface area contributed by atoms with Gasteiger partial charge in [0.25, 0.3) is 0 Å². The molecule has 1 rings (SSSR count). The second kappa shape index (κ2) is 5.63. The summed E-state index contributed by atoms with van der Waals surface area (Å²) in [6.45, 7) is 2.49. The van der Waals surface area contributed by atoms with Gasteiger partial charge in [-0.3, -0.25) is 4.79 Å². The van der Waals surface area contributed by atoms with Gasteiger partial charge in [-0.2, -0.15) is 0 Å². The third kappa shape index (κ3) is 4.49. The van der Waals surface area contributed by atoms with Gasteiger partial charge in [0.05, 0.1) is 0 Å². The van der Waals surface area contributed by atoms with Crippen LogP contribution in [0.2, 0.25) is 0 Å². The smallest absolute Gasteiger partial charge is 0.320 e. The second-order valence-corrected chi connectivity index (χ2v) is 6.33. The average Bonchev–Trinajstić information content (AvgIpc) is 2.14. The minimum absolute atomic E-state index is 0.345. The Labute approximate surface area is 96.3 Å². The summed E-state index contributed by atoms with van der Waals surface area (Å²) in [6.07, 6.45) is 4.50. The lowest BCUT2D eigenvalue weighted by Crippen LogP contribution is -2.36. The Morgan fingerprint density at radius 2 is 2.00 bits per heavy atom. The molecule has 1 aliphatic carbocycles. The molecule has 1 saturated carbocycles. The van der Waals surface area contributed by atoms with E-state index in [4.69, 9.17) is 5.11 Å². The van der Waals surface area contributed by atoms with Crippen molar-refractivity contribution in [3.63, 3.8) is 0 Å². The lowest BCUT2D eigenvalue weighted by atomic mass is 9.81. The molecular weight excluding hydrogens is 230 g/mol. The molecule has 0 aliphatic heterocycles. The maximum absolute atomic E-state index is 11.3. The minimum atomic E-state index is -3.65. The van der Waals surface area contributed by atoms with Crippen LogP contribution >= 0.6 is 0 Å². The van der Waals surface area contributed by atoms with Crippen molar-refractivity contribution in [3.8, 4) is 0 Å². The maximum atomic E-state index is 11.3. The fourth-order valence-electron chi connectivity index (χ4n) is 2.14. The van der Waals surface area contributed by atoms with Crippen LogP contribution in [0.25, 0.3) is 0 Å². The van der Waals surface area contributed by atoms with E-state index in [0.29, 0.717) is 18.4 Å². The fourth-order valence-corrected chi connectivity index (χ4v) is 3.04. The quantitative estimate of drug-likeness (QED) is 0.755. The lowest BCUT2D eigenvalue weighted by molar-refractivity contribution is -0.134. The van der Waals surface area contributed by atoms with Crippen LogP contribution in [-0.4, -0.2) is 31.8 Å². The van der Waals surface area contributed by atoms with Crippen molar-refractivity contribution in [2.75, 3.05) is 12.3 Å². The summed E-state index contributed by atoms with van der Waals surface area (Å²) in [5, 5.41) is 8.42. The zero-order valence-electron chi connectivity index (χ0n) is 9.48. The molecule has 2 atom stereocenters. The van der Waals surface area contributed by atoms with Gasteiger partial charge in [-0.15, -0.1) is 0 Å². The molecule has 0 aromatic carbocycles. The highest BCUT2D eigenvalue weighted by Crippen LogP contribution is 2.28. The third-order valence-corrected chi connectivity index (χ3v) is 4.40. The number of carboxylic acid groups (broad SMARTS) is 1. The van der Waals surface area contributed by atoms with Gasteiger partial charge in [0.2, 0.25) is 10.0 Å².